The fourth-order valence-corrected chi connectivity index (χ4v) is 3.74. The number of anilines is 1. The average molecular weight is 430 g/mol. The summed E-state index contributed by atoms with van der Waals surface area (Å²) in [5, 5.41) is 0.864. The van der Waals surface area contributed by atoms with Crippen LogP contribution >= 0.6 is 11.3 Å². The molecule has 0 spiro atoms. The highest BCUT2D eigenvalue weighted by Crippen LogP contribution is 2.29. The van der Waals surface area contributed by atoms with Gasteiger partial charge in [-0.3, -0.25) is 4.79 Å². The Morgan fingerprint density at radius 3 is 2.57 bits per heavy atom. The van der Waals surface area contributed by atoms with Gasteiger partial charge in [0.15, 0.2) is 0 Å². The Morgan fingerprint density at radius 1 is 1.17 bits per heavy atom. The summed E-state index contributed by atoms with van der Waals surface area (Å²) < 4.78 is 22.1. The number of fused-ring (bicyclic) bond motifs is 1. The molecule has 0 aliphatic heterocycles. The third kappa shape index (κ3) is 4.87. The van der Waals surface area contributed by atoms with Crippen molar-refractivity contribution in [1.29, 1.82) is 0 Å². The summed E-state index contributed by atoms with van der Waals surface area (Å²) >= 11 is 1.58. The SMILES string of the molecule is COC(=O)N(c1ccc(OCc2nc3ccccc3s2)cc1C)C(OC)OC(C)=O. The molecule has 1 heterocycles. The first kappa shape index (κ1) is 21.5. The minimum absolute atomic E-state index is 0.326. The van der Waals surface area contributed by atoms with Crippen molar-refractivity contribution in [1.82, 2.24) is 4.98 Å². The predicted molar refractivity (Wildman–Crippen MR) is 113 cm³/mol. The zero-order chi connectivity index (χ0) is 21.7. The van der Waals surface area contributed by atoms with Crippen molar-refractivity contribution < 1.29 is 28.5 Å². The Bertz CT molecular complexity index is 1020. The van der Waals surface area contributed by atoms with E-state index in [4.69, 9.17) is 18.9 Å². The molecule has 1 unspecified atom stereocenters. The van der Waals surface area contributed by atoms with Crippen LogP contribution in [0.1, 0.15) is 17.5 Å². The molecule has 0 saturated heterocycles. The van der Waals surface area contributed by atoms with E-state index in [0.717, 1.165) is 20.1 Å². The Hall–Kier alpha value is -3.17. The first-order chi connectivity index (χ1) is 14.4. The number of carbonyl (C=O) groups excluding carboxylic acids is 2. The lowest BCUT2D eigenvalue weighted by Crippen LogP contribution is -2.44. The first-order valence-electron chi connectivity index (χ1n) is 9.08. The quantitative estimate of drug-likeness (QED) is 0.409. The van der Waals surface area contributed by atoms with Crippen LogP contribution in [0.2, 0.25) is 0 Å². The molecule has 30 heavy (non-hydrogen) atoms. The van der Waals surface area contributed by atoms with Gasteiger partial charge in [-0.2, -0.15) is 0 Å². The van der Waals surface area contributed by atoms with Gasteiger partial charge in [0.05, 0.1) is 23.0 Å². The Morgan fingerprint density at radius 2 is 1.93 bits per heavy atom. The van der Waals surface area contributed by atoms with Crippen molar-refractivity contribution in [3.05, 3.63) is 53.0 Å². The molecule has 0 saturated carbocycles. The summed E-state index contributed by atoms with van der Waals surface area (Å²) in [5.41, 5.74) is 2.11. The molecule has 0 aliphatic rings. The minimum atomic E-state index is -1.26. The Kier molecular flexibility index (Phi) is 6.86. The van der Waals surface area contributed by atoms with Crippen LogP contribution in [0.5, 0.6) is 5.75 Å². The lowest BCUT2D eigenvalue weighted by molar-refractivity contribution is -0.169. The largest absolute Gasteiger partial charge is 0.486 e. The van der Waals surface area contributed by atoms with E-state index < -0.39 is 18.5 Å². The summed E-state index contributed by atoms with van der Waals surface area (Å²) in [6, 6.07) is 13.1. The summed E-state index contributed by atoms with van der Waals surface area (Å²) in [6.07, 6.45) is -1.99. The maximum absolute atomic E-state index is 12.3. The van der Waals surface area contributed by atoms with Crippen molar-refractivity contribution in [2.75, 3.05) is 19.1 Å². The lowest BCUT2D eigenvalue weighted by Gasteiger charge is -2.29. The number of carbonyl (C=O) groups is 2. The molecule has 0 radical (unpaired) electrons. The second kappa shape index (κ2) is 9.55. The van der Waals surface area contributed by atoms with E-state index in [1.807, 2.05) is 24.3 Å². The van der Waals surface area contributed by atoms with Gasteiger partial charge >= 0.3 is 12.1 Å². The van der Waals surface area contributed by atoms with E-state index in [1.54, 1.807) is 36.5 Å². The van der Waals surface area contributed by atoms with Crippen LogP contribution in [0.25, 0.3) is 10.2 Å². The standard InChI is InChI=1S/C21H22N2O6S/c1-13-11-15(28-12-19-22-16-7-5-6-8-18(16)30-19)9-10-17(13)23(20(25)26-3)21(27-4)29-14(2)24/h5-11,21H,12H2,1-4H3. The van der Waals surface area contributed by atoms with E-state index in [1.165, 1.54) is 21.1 Å². The van der Waals surface area contributed by atoms with Crippen LogP contribution < -0.4 is 9.64 Å². The van der Waals surface area contributed by atoms with Crippen molar-refractivity contribution in [3.8, 4) is 5.75 Å². The molecule has 1 aromatic heterocycles. The number of benzene rings is 2. The van der Waals surface area contributed by atoms with Crippen LogP contribution in [-0.2, 0) is 25.6 Å². The Balaban J connectivity index is 1.79. The van der Waals surface area contributed by atoms with Gasteiger partial charge in [0.1, 0.15) is 17.4 Å². The molecule has 9 heteroatoms. The van der Waals surface area contributed by atoms with E-state index in [2.05, 4.69) is 4.98 Å². The molecule has 3 rings (SSSR count). The van der Waals surface area contributed by atoms with Crippen molar-refractivity contribution in [2.24, 2.45) is 0 Å². The number of amides is 1. The molecule has 1 amide bonds. The summed E-state index contributed by atoms with van der Waals surface area (Å²) in [7, 11) is 2.56. The molecule has 0 aliphatic carbocycles. The molecule has 1 atom stereocenters. The maximum Gasteiger partial charge on any atom is 0.418 e. The van der Waals surface area contributed by atoms with Gasteiger partial charge in [0.2, 0.25) is 0 Å². The number of thiazole rings is 1. The van der Waals surface area contributed by atoms with Crippen molar-refractivity contribution >= 4 is 39.3 Å². The number of methoxy groups -OCH3 is 2. The van der Waals surface area contributed by atoms with Gasteiger partial charge in [-0.25, -0.2) is 14.7 Å². The van der Waals surface area contributed by atoms with Gasteiger partial charge < -0.3 is 18.9 Å². The highest BCUT2D eigenvalue weighted by molar-refractivity contribution is 7.18. The topological polar surface area (TPSA) is 87.2 Å². The summed E-state index contributed by atoms with van der Waals surface area (Å²) in [5.74, 6) is 0.0194. The van der Waals surface area contributed by atoms with Crippen LogP contribution in [0.15, 0.2) is 42.5 Å². The average Bonchev–Trinajstić information content (AvgIpc) is 3.15. The molecule has 3 aromatic rings. The van der Waals surface area contributed by atoms with Gasteiger partial charge in [-0.05, 0) is 42.8 Å². The number of ether oxygens (including phenoxy) is 4. The number of hydrogen-bond acceptors (Lipinski definition) is 8. The summed E-state index contributed by atoms with van der Waals surface area (Å²) in [4.78, 5) is 29.4. The molecule has 158 valence electrons. The zero-order valence-electron chi connectivity index (χ0n) is 17.1. The number of para-hydroxylation sites is 1. The van der Waals surface area contributed by atoms with Gasteiger partial charge in [-0.1, -0.05) is 12.1 Å². The number of rotatable bonds is 7. The molecule has 0 N–H and O–H groups in total. The molecule has 0 fully saturated rings. The normalized spacial score (nSPS) is 11.7. The monoisotopic (exact) mass is 430 g/mol. The number of esters is 1. The number of hydrogen-bond donors (Lipinski definition) is 0. The summed E-state index contributed by atoms with van der Waals surface area (Å²) in [6.45, 7) is 3.36. The van der Waals surface area contributed by atoms with E-state index in [0.29, 0.717) is 23.6 Å². The Labute approximate surface area is 177 Å². The fraction of sp³-hybridized carbons (Fsp3) is 0.286. The first-order valence-corrected chi connectivity index (χ1v) is 9.89. The molecule has 0 bridgehead atoms. The third-order valence-electron chi connectivity index (χ3n) is 4.18. The lowest BCUT2D eigenvalue weighted by atomic mass is 10.2. The fourth-order valence-electron chi connectivity index (χ4n) is 2.86. The number of nitrogens with zero attached hydrogens (tertiary/aromatic N) is 2. The van der Waals surface area contributed by atoms with E-state index in [9.17, 15) is 9.59 Å². The minimum Gasteiger partial charge on any atom is -0.486 e. The predicted octanol–water partition coefficient (Wildman–Crippen LogP) is 4.25. The van der Waals surface area contributed by atoms with Crippen LogP contribution in [-0.4, -0.2) is 37.7 Å². The zero-order valence-corrected chi connectivity index (χ0v) is 17.9. The third-order valence-corrected chi connectivity index (χ3v) is 5.19. The maximum atomic E-state index is 12.3. The molecule has 2 aromatic carbocycles. The number of aryl methyl sites for hydroxylation is 1. The van der Waals surface area contributed by atoms with Gasteiger partial charge in [-0.15, -0.1) is 11.3 Å². The van der Waals surface area contributed by atoms with Crippen LogP contribution in [0.3, 0.4) is 0 Å². The van der Waals surface area contributed by atoms with Crippen molar-refractivity contribution in [2.45, 2.75) is 26.9 Å². The second-order valence-electron chi connectivity index (χ2n) is 6.30. The highest BCUT2D eigenvalue weighted by atomic mass is 32.1. The van der Waals surface area contributed by atoms with Crippen LogP contribution in [0.4, 0.5) is 10.5 Å². The molecular weight excluding hydrogens is 408 g/mol. The second-order valence-corrected chi connectivity index (χ2v) is 7.42. The number of aromatic nitrogens is 1. The van der Waals surface area contributed by atoms with E-state index >= 15 is 0 Å². The van der Waals surface area contributed by atoms with Gasteiger partial charge in [0.25, 0.3) is 6.41 Å². The van der Waals surface area contributed by atoms with Crippen LogP contribution in [0, 0.1) is 6.92 Å². The smallest absolute Gasteiger partial charge is 0.418 e. The molecular formula is C21H22N2O6S. The van der Waals surface area contributed by atoms with Gasteiger partial charge in [0, 0.05) is 14.0 Å². The van der Waals surface area contributed by atoms with E-state index in [-0.39, 0.29) is 0 Å². The highest BCUT2D eigenvalue weighted by Gasteiger charge is 2.30. The molecule has 8 nitrogen and oxygen atoms in total. The van der Waals surface area contributed by atoms with Crippen molar-refractivity contribution in [3.63, 3.8) is 0 Å².